The van der Waals surface area contributed by atoms with Crippen LogP contribution in [0.4, 0.5) is 4.39 Å². The van der Waals surface area contributed by atoms with Crippen LogP contribution in [0.15, 0.2) is 23.4 Å². The number of nitrogens with two attached hydrogens (primary N) is 1. The minimum absolute atomic E-state index is 0.200. The molecule has 0 heterocycles. The first-order valence-corrected chi connectivity index (χ1v) is 3.11. The summed E-state index contributed by atoms with van der Waals surface area (Å²) >= 11 is 0. The van der Waals surface area contributed by atoms with Crippen molar-refractivity contribution < 1.29 is 14.7 Å². The third-order valence-electron chi connectivity index (χ3n) is 1.35. The molecule has 0 aromatic heterocycles. The van der Waals surface area contributed by atoms with Crippen LogP contribution in [-0.4, -0.2) is 16.1 Å². The SMILES string of the molecule is NC(=NO)c1ccc(O)c(F)c1. The largest absolute Gasteiger partial charge is 0.505 e. The zero-order valence-electron chi connectivity index (χ0n) is 6.03. The lowest BCUT2D eigenvalue weighted by molar-refractivity contribution is 0.318. The third kappa shape index (κ3) is 1.45. The van der Waals surface area contributed by atoms with Gasteiger partial charge in [-0.2, -0.15) is 0 Å². The van der Waals surface area contributed by atoms with Gasteiger partial charge in [0, 0.05) is 5.56 Å². The van der Waals surface area contributed by atoms with Crippen LogP contribution in [0, 0.1) is 5.82 Å². The molecular formula is C7H7FN2O2. The monoisotopic (exact) mass is 170 g/mol. The second-order valence-electron chi connectivity index (χ2n) is 2.15. The second kappa shape index (κ2) is 3.08. The summed E-state index contributed by atoms with van der Waals surface area (Å²) < 4.78 is 12.6. The second-order valence-corrected chi connectivity index (χ2v) is 2.15. The number of hydrogen-bond acceptors (Lipinski definition) is 3. The molecule has 0 amide bonds. The zero-order valence-corrected chi connectivity index (χ0v) is 6.03. The summed E-state index contributed by atoms with van der Waals surface area (Å²) in [5.41, 5.74) is 5.38. The van der Waals surface area contributed by atoms with E-state index in [-0.39, 0.29) is 11.4 Å². The molecule has 0 aliphatic heterocycles. The van der Waals surface area contributed by atoms with E-state index < -0.39 is 11.6 Å². The predicted molar refractivity (Wildman–Crippen MR) is 40.6 cm³/mol. The number of hydrogen-bond donors (Lipinski definition) is 3. The number of amidine groups is 1. The summed E-state index contributed by atoms with van der Waals surface area (Å²) in [4.78, 5) is 0. The molecule has 0 atom stereocenters. The first kappa shape index (κ1) is 8.32. The average Bonchev–Trinajstić information content (AvgIpc) is 2.08. The third-order valence-corrected chi connectivity index (χ3v) is 1.35. The zero-order chi connectivity index (χ0) is 9.14. The molecule has 0 fully saturated rings. The van der Waals surface area contributed by atoms with Gasteiger partial charge in [0.1, 0.15) is 0 Å². The van der Waals surface area contributed by atoms with Gasteiger partial charge in [-0.3, -0.25) is 0 Å². The number of halogens is 1. The highest BCUT2D eigenvalue weighted by Gasteiger charge is 2.03. The highest BCUT2D eigenvalue weighted by Crippen LogP contribution is 2.15. The van der Waals surface area contributed by atoms with Crippen LogP contribution in [0.1, 0.15) is 5.56 Å². The molecule has 0 aliphatic rings. The van der Waals surface area contributed by atoms with Gasteiger partial charge in [-0.05, 0) is 18.2 Å². The Labute approximate surface area is 67.7 Å². The van der Waals surface area contributed by atoms with Gasteiger partial charge in [0.25, 0.3) is 0 Å². The van der Waals surface area contributed by atoms with E-state index in [2.05, 4.69) is 5.16 Å². The maximum atomic E-state index is 12.6. The fourth-order valence-corrected chi connectivity index (χ4v) is 0.724. The quantitative estimate of drug-likeness (QED) is 0.250. The Hall–Kier alpha value is -1.78. The van der Waals surface area contributed by atoms with E-state index >= 15 is 0 Å². The summed E-state index contributed by atoms with van der Waals surface area (Å²) in [6.07, 6.45) is 0. The molecule has 5 heteroatoms. The van der Waals surface area contributed by atoms with Crippen LogP contribution in [-0.2, 0) is 0 Å². The van der Waals surface area contributed by atoms with Gasteiger partial charge < -0.3 is 16.0 Å². The first-order valence-electron chi connectivity index (χ1n) is 3.11. The number of nitrogens with zero attached hydrogens (tertiary/aromatic N) is 1. The van der Waals surface area contributed by atoms with Gasteiger partial charge in [-0.15, -0.1) is 0 Å². The summed E-state index contributed by atoms with van der Waals surface area (Å²) in [7, 11) is 0. The minimum atomic E-state index is -0.806. The van der Waals surface area contributed by atoms with Crippen LogP contribution in [0.25, 0.3) is 0 Å². The molecule has 0 unspecified atom stereocenters. The lowest BCUT2D eigenvalue weighted by Crippen LogP contribution is -2.12. The van der Waals surface area contributed by atoms with E-state index in [0.29, 0.717) is 0 Å². The minimum Gasteiger partial charge on any atom is -0.505 e. The van der Waals surface area contributed by atoms with E-state index in [9.17, 15) is 4.39 Å². The molecule has 0 aliphatic carbocycles. The molecule has 4 N–H and O–H groups in total. The average molecular weight is 170 g/mol. The molecule has 0 spiro atoms. The maximum absolute atomic E-state index is 12.6. The van der Waals surface area contributed by atoms with Crippen molar-refractivity contribution in [2.45, 2.75) is 0 Å². The van der Waals surface area contributed by atoms with E-state index in [1.54, 1.807) is 0 Å². The van der Waals surface area contributed by atoms with Crippen molar-refractivity contribution >= 4 is 5.84 Å². The van der Waals surface area contributed by atoms with Crippen molar-refractivity contribution in [1.82, 2.24) is 0 Å². The van der Waals surface area contributed by atoms with Gasteiger partial charge in [0.2, 0.25) is 0 Å². The first-order chi connectivity index (χ1) is 5.65. The molecule has 4 nitrogen and oxygen atoms in total. The van der Waals surface area contributed by atoms with E-state index in [0.717, 1.165) is 12.1 Å². The lowest BCUT2D eigenvalue weighted by Gasteiger charge is -1.99. The summed E-state index contributed by atoms with van der Waals surface area (Å²) in [6, 6.07) is 3.44. The fraction of sp³-hybridized carbons (Fsp3) is 0. The molecule has 1 aromatic carbocycles. The maximum Gasteiger partial charge on any atom is 0.170 e. The Bertz CT molecular complexity index is 325. The van der Waals surface area contributed by atoms with Gasteiger partial charge >= 0.3 is 0 Å². The highest BCUT2D eigenvalue weighted by atomic mass is 19.1. The van der Waals surface area contributed by atoms with E-state index in [1.165, 1.54) is 6.07 Å². The summed E-state index contributed by atoms with van der Waals surface area (Å²) in [5.74, 6) is -1.47. The molecule has 1 aromatic rings. The molecule has 1 rings (SSSR count). The van der Waals surface area contributed by atoms with Crippen LogP contribution in [0.2, 0.25) is 0 Å². The topological polar surface area (TPSA) is 78.8 Å². The number of oxime groups is 1. The van der Waals surface area contributed by atoms with E-state index in [1.807, 2.05) is 0 Å². The molecule has 64 valence electrons. The van der Waals surface area contributed by atoms with Crippen LogP contribution in [0.3, 0.4) is 0 Å². The Balaban J connectivity index is 3.13. The Kier molecular flexibility index (Phi) is 2.14. The number of rotatable bonds is 1. The van der Waals surface area contributed by atoms with Crippen LogP contribution >= 0.6 is 0 Å². The van der Waals surface area contributed by atoms with Gasteiger partial charge in [0.05, 0.1) is 0 Å². The Morgan fingerprint density at radius 2 is 2.17 bits per heavy atom. The van der Waals surface area contributed by atoms with Crippen molar-refractivity contribution in [3.8, 4) is 5.75 Å². The van der Waals surface area contributed by atoms with Gasteiger partial charge in [-0.1, -0.05) is 5.16 Å². The van der Waals surface area contributed by atoms with Crippen molar-refractivity contribution in [3.05, 3.63) is 29.6 Å². The molecule has 0 saturated carbocycles. The normalized spacial score (nSPS) is 11.6. The van der Waals surface area contributed by atoms with E-state index in [4.69, 9.17) is 16.0 Å². The Morgan fingerprint density at radius 1 is 1.50 bits per heavy atom. The molecule has 12 heavy (non-hydrogen) atoms. The molecule has 0 radical (unpaired) electrons. The smallest absolute Gasteiger partial charge is 0.170 e. The number of benzene rings is 1. The van der Waals surface area contributed by atoms with Crippen LogP contribution in [0.5, 0.6) is 5.75 Å². The molecule has 0 bridgehead atoms. The van der Waals surface area contributed by atoms with Gasteiger partial charge in [-0.25, -0.2) is 4.39 Å². The lowest BCUT2D eigenvalue weighted by atomic mass is 10.2. The fourth-order valence-electron chi connectivity index (χ4n) is 0.724. The highest BCUT2D eigenvalue weighted by molar-refractivity contribution is 5.97. The predicted octanol–water partition coefficient (Wildman–Crippen LogP) is 0.626. The molecular weight excluding hydrogens is 163 g/mol. The Morgan fingerprint density at radius 3 is 2.67 bits per heavy atom. The van der Waals surface area contributed by atoms with Crippen molar-refractivity contribution in [1.29, 1.82) is 0 Å². The standard InChI is InChI=1S/C7H7FN2O2/c8-5-3-4(7(9)10-12)1-2-6(5)11/h1-3,11-12H,(H2,9,10). The van der Waals surface area contributed by atoms with Crippen molar-refractivity contribution in [2.75, 3.05) is 0 Å². The van der Waals surface area contributed by atoms with Gasteiger partial charge in [0.15, 0.2) is 17.4 Å². The summed E-state index contributed by atoms with van der Waals surface area (Å²) in [5, 5.41) is 19.7. The van der Waals surface area contributed by atoms with Crippen molar-refractivity contribution in [3.63, 3.8) is 0 Å². The van der Waals surface area contributed by atoms with Crippen molar-refractivity contribution in [2.24, 2.45) is 10.9 Å². The van der Waals surface area contributed by atoms with Crippen LogP contribution < -0.4 is 5.73 Å². The number of phenolic OH excluding ortho intramolecular Hbond substituents is 1. The number of phenols is 1. The molecule has 0 saturated heterocycles. The summed E-state index contributed by atoms with van der Waals surface area (Å²) in [6.45, 7) is 0. The number of aromatic hydroxyl groups is 1.